The zero-order valence-electron chi connectivity index (χ0n) is 12.9. The maximum Gasteiger partial charge on any atom is 0.0637 e. The molecule has 0 saturated carbocycles. The van der Waals surface area contributed by atoms with Crippen LogP contribution in [0.5, 0.6) is 0 Å². The average molecular weight is 265 g/mol. The third-order valence-electron chi connectivity index (χ3n) is 3.13. The van der Waals surface area contributed by atoms with Gasteiger partial charge in [0, 0.05) is 49.4 Å². The summed E-state index contributed by atoms with van der Waals surface area (Å²) in [6.45, 7) is 12.0. The third kappa shape index (κ3) is 4.80. The number of ether oxygens (including phenoxy) is 1. The number of aromatic nitrogens is 1. The Morgan fingerprint density at radius 1 is 1.42 bits per heavy atom. The second-order valence-electron chi connectivity index (χ2n) is 5.01. The van der Waals surface area contributed by atoms with Crippen LogP contribution in [-0.2, 0) is 11.3 Å². The number of anilines is 1. The number of hydrogen-bond donors (Lipinski definition) is 1. The van der Waals surface area contributed by atoms with Crippen molar-refractivity contribution < 1.29 is 4.74 Å². The average Bonchev–Trinajstić information content (AvgIpc) is 2.38. The van der Waals surface area contributed by atoms with Crippen molar-refractivity contribution in [3.05, 3.63) is 23.5 Å². The molecule has 1 aromatic rings. The molecule has 0 amide bonds. The normalized spacial score (nSPS) is 11.1. The van der Waals surface area contributed by atoms with Crippen molar-refractivity contribution in [3.8, 4) is 0 Å². The SMILES string of the molecule is CCNCc1cnc(C)cc1N(CCOC)C(C)C. The summed E-state index contributed by atoms with van der Waals surface area (Å²) in [6.07, 6.45) is 1.98. The number of pyridine rings is 1. The van der Waals surface area contributed by atoms with Gasteiger partial charge in [0.25, 0.3) is 0 Å². The van der Waals surface area contributed by atoms with Gasteiger partial charge in [-0.3, -0.25) is 4.98 Å². The van der Waals surface area contributed by atoms with Gasteiger partial charge < -0.3 is 15.0 Å². The summed E-state index contributed by atoms with van der Waals surface area (Å²) < 4.78 is 5.22. The van der Waals surface area contributed by atoms with Crippen molar-refractivity contribution in [3.63, 3.8) is 0 Å². The molecule has 1 N–H and O–H groups in total. The van der Waals surface area contributed by atoms with Crippen LogP contribution in [-0.4, -0.2) is 37.8 Å². The molecule has 0 aliphatic heterocycles. The molecule has 108 valence electrons. The van der Waals surface area contributed by atoms with Crippen molar-refractivity contribution in [2.45, 2.75) is 40.3 Å². The highest BCUT2D eigenvalue weighted by atomic mass is 16.5. The highest BCUT2D eigenvalue weighted by Gasteiger charge is 2.14. The lowest BCUT2D eigenvalue weighted by Gasteiger charge is -2.31. The Morgan fingerprint density at radius 2 is 2.16 bits per heavy atom. The van der Waals surface area contributed by atoms with E-state index in [4.69, 9.17) is 4.74 Å². The van der Waals surface area contributed by atoms with Gasteiger partial charge in [0.1, 0.15) is 0 Å². The van der Waals surface area contributed by atoms with E-state index in [0.717, 1.165) is 31.9 Å². The van der Waals surface area contributed by atoms with Crippen LogP contribution in [0, 0.1) is 6.92 Å². The summed E-state index contributed by atoms with van der Waals surface area (Å²) in [7, 11) is 1.75. The Hall–Kier alpha value is -1.13. The second kappa shape index (κ2) is 8.12. The molecule has 4 nitrogen and oxygen atoms in total. The van der Waals surface area contributed by atoms with Crippen molar-refractivity contribution in [2.24, 2.45) is 0 Å². The first-order valence-electron chi connectivity index (χ1n) is 7.02. The van der Waals surface area contributed by atoms with Crippen molar-refractivity contribution >= 4 is 5.69 Å². The molecule has 0 unspecified atom stereocenters. The molecule has 0 bridgehead atoms. The van der Waals surface area contributed by atoms with Crippen molar-refractivity contribution in [1.29, 1.82) is 0 Å². The van der Waals surface area contributed by atoms with Crippen LogP contribution >= 0.6 is 0 Å². The van der Waals surface area contributed by atoms with E-state index in [-0.39, 0.29) is 0 Å². The molecule has 19 heavy (non-hydrogen) atoms. The first kappa shape index (κ1) is 15.9. The zero-order valence-corrected chi connectivity index (χ0v) is 12.9. The van der Waals surface area contributed by atoms with Gasteiger partial charge in [0.2, 0.25) is 0 Å². The number of hydrogen-bond acceptors (Lipinski definition) is 4. The lowest BCUT2D eigenvalue weighted by molar-refractivity contribution is 0.203. The van der Waals surface area contributed by atoms with Gasteiger partial charge in [-0.05, 0) is 33.4 Å². The minimum atomic E-state index is 0.442. The minimum Gasteiger partial charge on any atom is -0.383 e. The van der Waals surface area contributed by atoms with Gasteiger partial charge in [-0.2, -0.15) is 0 Å². The largest absolute Gasteiger partial charge is 0.383 e. The van der Waals surface area contributed by atoms with Crippen LogP contribution in [0.15, 0.2) is 12.3 Å². The molecule has 0 saturated heterocycles. The molecule has 1 rings (SSSR count). The van der Waals surface area contributed by atoms with Crippen molar-refractivity contribution in [2.75, 3.05) is 31.7 Å². The summed E-state index contributed by atoms with van der Waals surface area (Å²) in [4.78, 5) is 6.80. The van der Waals surface area contributed by atoms with E-state index < -0.39 is 0 Å². The summed E-state index contributed by atoms with van der Waals surface area (Å²) in [5, 5.41) is 3.38. The first-order valence-corrected chi connectivity index (χ1v) is 7.02. The Bertz CT molecular complexity index is 380. The van der Waals surface area contributed by atoms with Crippen LogP contribution < -0.4 is 10.2 Å². The van der Waals surface area contributed by atoms with E-state index in [9.17, 15) is 0 Å². The van der Waals surface area contributed by atoms with E-state index in [0.29, 0.717) is 6.04 Å². The number of nitrogens with zero attached hydrogens (tertiary/aromatic N) is 2. The smallest absolute Gasteiger partial charge is 0.0637 e. The molecule has 0 atom stereocenters. The van der Waals surface area contributed by atoms with Crippen LogP contribution in [0.25, 0.3) is 0 Å². The summed E-state index contributed by atoms with van der Waals surface area (Å²) in [5.74, 6) is 0. The zero-order chi connectivity index (χ0) is 14.3. The van der Waals surface area contributed by atoms with Crippen molar-refractivity contribution in [1.82, 2.24) is 10.3 Å². The molecule has 0 aromatic carbocycles. The van der Waals surface area contributed by atoms with Crippen LogP contribution in [0.4, 0.5) is 5.69 Å². The molecule has 1 aromatic heterocycles. The highest BCUT2D eigenvalue weighted by Crippen LogP contribution is 2.23. The molecular weight excluding hydrogens is 238 g/mol. The Balaban J connectivity index is 3.00. The Morgan fingerprint density at radius 3 is 2.74 bits per heavy atom. The van der Waals surface area contributed by atoms with E-state index in [2.05, 4.69) is 42.0 Å². The van der Waals surface area contributed by atoms with E-state index >= 15 is 0 Å². The van der Waals surface area contributed by atoms with Crippen LogP contribution in [0.3, 0.4) is 0 Å². The number of nitrogens with one attached hydrogen (secondary N) is 1. The monoisotopic (exact) mass is 265 g/mol. The van der Waals surface area contributed by atoms with Gasteiger partial charge in [-0.15, -0.1) is 0 Å². The maximum atomic E-state index is 5.22. The number of rotatable bonds is 8. The third-order valence-corrected chi connectivity index (χ3v) is 3.13. The van der Waals surface area contributed by atoms with E-state index in [1.165, 1.54) is 11.3 Å². The number of methoxy groups -OCH3 is 1. The highest BCUT2D eigenvalue weighted by molar-refractivity contribution is 5.54. The van der Waals surface area contributed by atoms with E-state index in [1.54, 1.807) is 7.11 Å². The fourth-order valence-corrected chi connectivity index (χ4v) is 2.08. The van der Waals surface area contributed by atoms with E-state index in [1.807, 2.05) is 13.1 Å². The van der Waals surface area contributed by atoms with Crippen LogP contribution in [0.2, 0.25) is 0 Å². The maximum absolute atomic E-state index is 5.22. The molecule has 0 radical (unpaired) electrons. The Kier molecular flexibility index (Phi) is 6.81. The lowest BCUT2D eigenvalue weighted by Crippen LogP contribution is -2.35. The topological polar surface area (TPSA) is 37.4 Å². The summed E-state index contributed by atoms with van der Waals surface area (Å²) >= 11 is 0. The summed E-state index contributed by atoms with van der Waals surface area (Å²) in [6, 6.07) is 2.61. The first-order chi connectivity index (χ1) is 9.10. The molecule has 0 aliphatic carbocycles. The lowest BCUT2D eigenvalue weighted by atomic mass is 10.1. The fraction of sp³-hybridized carbons (Fsp3) is 0.667. The van der Waals surface area contributed by atoms with Crippen LogP contribution in [0.1, 0.15) is 32.0 Å². The second-order valence-corrected chi connectivity index (χ2v) is 5.01. The molecule has 0 aliphatic rings. The molecule has 1 heterocycles. The molecule has 4 heteroatoms. The van der Waals surface area contributed by atoms with Gasteiger partial charge in [-0.1, -0.05) is 6.92 Å². The van der Waals surface area contributed by atoms with Gasteiger partial charge in [0.05, 0.1) is 6.61 Å². The van der Waals surface area contributed by atoms with Gasteiger partial charge in [0.15, 0.2) is 0 Å². The van der Waals surface area contributed by atoms with Gasteiger partial charge >= 0.3 is 0 Å². The summed E-state index contributed by atoms with van der Waals surface area (Å²) in [5.41, 5.74) is 3.57. The fourth-order valence-electron chi connectivity index (χ4n) is 2.08. The Labute approximate surface area is 117 Å². The molecule has 0 spiro atoms. The standard InChI is InChI=1S/C15H27N3O/c1-6-16-10-14-11-17-13(4)9-15(14)18(12(2)3)7-8-19-5/h9,11-12,16H,6-8,10H2,1-5H3. The minimum absolute atomic E-state index is 0.442. The number of aryl methyl sites for hydroxylation is 1. The molecular formula is C15H27N3O. The molecule has 0 fully saturated rings. The quantitative estimate of drug-likeness (QED) is 0.783. The predicted molar refractivity (Wildman–Crippen MR) is 80.7 cm³/mol. The predicted octanol–water partition coefficient (Wildman–Crippen LogP) is 2.36. The van der Waals surface area contributed by atoms with Gasteiger partial charge in [-0.25, -0.2) is 0 Å².